The fourth-order valence-corrected chi connectivity index (χ4v) is 2.21. The first-order chi connectivity index (χ1) is 8.43. The number of methoxy groups -OCH3 is 1. The Morgan fingerprint density at radius 2 is 1.89 bits per heavy atom. The van der Waals surface area contributed by atoms with Crippen molar-refractivity contribution in [3.8, 4) is 5.75 Å². The first kappa shape index (κ1) is 12.7. The maximum absolute atomic E-state index is 6.01. The van der Waals surface area contributed by atoms with Crippen molar-refractivity contribution in [3.05, 3.63) is 24.3 Å². The van der Waals surface area contributed by atoms with Crippen molar-refractivity contribution in [2.45, 2.75) is 26.8 Å². The van der Waals surface area contributed by atoms with E-state index < -0.39 is 0 Å². The Bertz CT molecular complexity index is 445. The van der Waals surface area contributed by atoms with Crippen molar-refractivity contribution in [3.63, 3.8) is 0 Å². The van der Waals surface area contributed by atoms with E-state index in [1.165, 1.54) is 0 Å². The van der Waals surface area contributed by atoms with Crippen LogP contribution in [0.5, 0.6) is 5.75 Å². The molecule has 1 aromatic carbocycles. The number of anilines is 1. The second-order valence-electron chi connectivity index (χ2n) is 5.65. The van der Waals surface area contributed by atoms with Gasteiger partial charge in [-0.1, -0.05) is 20.8 Å². The molecule has 0 fully saturated rings. The Morgan fingerprint density at radius 3 is 2.39 bits per heavy atom. The lowest BCUT2D eigenvalue weighted by molar-refractivity contribution is 0.336. The maximum atomic E-state index is 6.01. The molecule has 1 aliphatic heterocycles. The lowest BCUT2D eigenvalue weighted by atomic mass is 9.86. The van der Waals surface area contributed by atoms with Gasteiger partial charge >= 0.3 is 0 Å². The standard InChI is InChI=1S/C14H21N3O/c1-14(2,3)12-9-16-13(15)17(12)10-5-7-11(18-4)8-6-10/h5-8,12H,9H2,1-4H3,(H2,15,16). The van der Waals surface area contributed by atoms with Crippen molar-refractivity contribution < 1.29 is 4.74 Å². The quantitative estimate of drug-likeness (QED) is 0.872. The van der Waals surface area contributed by atoms with E-state index in [2.05, 4.69) is 30.7 Å². The lowest BCUT2D eigenvalue weighted by Gasteiger charge is -2.35. The molecule has 98 valence electrons. The normalized spacial score (nSPS) is 19.9. The summed E-state index contributed by atoms with van der Waals surface area (Å²) in [5.41, 5.74) is 7.21. The van der Waals surface area contributed by atoms with E-state index >= 15 is 0 Å². The molecule has 1 aliphatic rings. The minimum atomic E-state index is 0.130. The highest BCUT2D eigenvalue weighted by molar-refractivity contribution is 5.97. The molecule has 1 atom stereocenters. The number of hydrogen-bond acceptors (Lipinski definition) is 4. The Balaban J connectivity index is 2.31. The minimum absolute atomic E-state index is 0.130. The third-order valence-electron chi connectivity index (χ3n) is 3.33. The second-order valence-corrected chi connectivity index (χ2v) is 5.65. The zero-order valence-corrected chi connectivity index (χ0v) is 11.5. The molecule has 1 unspecified atom stereocenters. The summed E-state index contributed by atoms with van der Waals surface area (Å²) >= 11 is 0. The molecule has 0 saturated carbocycles. The Kier molecular flexibility index (Phi) is 3.20. The fraction of sp³-hybridized carbons (Fsp3) is 0.500. The number of nitrogens with zero attached hydrogens (tertiary/aromatic N) is 2. The number of rotatable bonds is 2. The molecule has 0 aliphatic carbocycles. The van der Waals surface area contributed by atoms with Gasteiger partial charge in [-0.2, -0.15) is 0 Å². The molecule has 18 heavy (non-hydrogen) atoms. The van der Waals surface area contributed by atoms with E-state index in [1.807, 2.05) is 24.3 Å². The summed E-state index contributed by atoms with van der Waals surface area (Å²) in [7, 11) is 1.67. The van der Waals surface area contributed by atoms with Gasteiger partial charge in [0.2, 0.25) is 0 Å². The van der Waals surface area contributed by atoms with Crippen molar-refractivity contribution in [2.75, 3.05) is 18.6 Å². The molecule has 2 N–H and O–H groups in total. The summed E-state index contributed by atoms with van der Waals surface area (Å²) in [6, 6.07) is 8.23. The summed E-state index contributed by atoms with van der Waals surface area (Å²) in [6.45, 7) is 7.38. The molecule has 1 aromatic rings. The van der Waals surface area contributed by atoms with Crippen LogP contribution >= 0.6 is 0 Å². The summed E-state index contributed by atoms with van der Waals surface area (Å²) < 4.78 is 5.17. The highest BCUT2D eigenvalue weighted by Gasteiger charge is 2.36. The van der Waals surface area contributed by atoms with Crippen LogP contribution in [0.15, 0.2) is 29.3 Å². The van der Waals surface area contributed by atoms with Gasteiger partial charge in [0.15, 0.2) is 5.96 Å². The molecular formula is C14H21N3O. The SMILES string of the molecule is COc1ccc(N2C(N)=NCC2C(C)(C)C)cc1. The number of ether oxygens (including phenoxy) is 1. The Morgan fingerprint density at radius 1 is 1.28 bits per heavy atom. The number of aliphatic imine (C=N–C) groups is 1. The van der Waals surface area contributed by atoms with Gasteiger partial charge in [0.1, 0.15) is 5.75 Å². The van der Waals surface area contributed by atoms with Crippen LogP contribution in [0.1, 0.15) is 20.8 Å². The monoisotopic (exact) mass is 247 g/mol. The first-order valence-corrected chi connectivity index (χ1v) is 6.16. The van der Waals surface area contributed by atoms with Crippen LogP contribution in [0.2, 0.25) is 0 Å². The van der Waals surface area contributed by atoms with Gasteiger partial charge in [-0.15, -0.1) is 0 Å². The summed E-state index contributed by atoms with van der Waals surface area (Å²) in [6.07, 6.45) is 0. The summed E-state index contributed by atoms with van der Waals surface area (Å²) in [4.78, 5) is 6.48. The molecule has 0 bridgehead atoms. The molecule has 4 nitrogen and oxygen atoms in total. The van der Waals surface area contributed by atoms with Crippen LogP contribution in [0.3, 0.4) is 0 Å². The average Bonchev–Trinajstić information content (AvgIpc) is 2.71. The van der Waals surface area contributed by atoms with Crippen LogP contribution in [-0.4, -0.2) is 25.7 Å². The van der Waals surface area contributed by atoms with E-state index in [0.29, 0.717) is 12.0 Å². The third kappa shape index (κ3) is 2.28. The van der Waals surface area contributed by atoms with E-state index in [-0.39, 0.29) is 5.41 Å². The van der Waals surface area contributed by atoms with Gasteiger partial charge < -0.3 is 15.4 Å². The van der Waals surface area contributed by atoms with Crippen LogP contribution in [0, 0.1) is 5.41 Å². The van der Waals surface area contributed by atoms with Gasteiger partial charge in [-0.3, -0.25) is 4.99 Å². The van der Waals surface area contributed by atoms with Gasteiger partial charge in [0, 0.05) is 5.69 Å². The van der Waals surface area contributed by atoms with Crippen LogP contribution in [0.25, 0.3) is 0 Å². The van der Waals surface area contributed by atoms with Gasteiger partial charge in [-0.05, 0) is 29.7 Å². The Hall–Kier alpha value is -1.71. The zero-order valence-electron chi connectivity index (χ0n) is 11.5. The van der Waals surface area contributed by atoms with Crippen LogP contribution in [-0.2, 0) is 0 Å². The topological polar surface area (TPSA) is 50.9 Å². The minimum Gasteiger partial charge on any atom is -0.497 e. The van der Waals surface area contributed by atoms with Crippen molar-refractivity contribution >= 4 is 11.6 Å². The third-order valence-corrected chi connectivity index (χ3v) is 3.33. The lowest BCUT2D eigenvalue weighted by Crippen LogP contribution is -2.47. The van der Waals surface area contributed by atoms with Crippen molar-refractivity contribution in [2.24, 2.45) is 16.1 Å². The molecule has 0 saturated heterocycles. The maximum Gasteiger partial charge on any atom is 0.196 e. The van der Waals surface area contributed by atoms with Gasteiger partial charge in [0.25, 0.3) is 0 Å². The molecule has 1 heterocycles. The molecule has 0 amide bonds. The number of benzene rings is 1. The van der Waals surface area contributed by atoms with E-state index in [4.69, 9.17) is 10.5 Å². The molecule has 2 rings (SSSR count). The molecule has 0 radical (unpaired) electrons. The summed E-state index contributed by atoms with van der Waals surface area (Å²) in [5, 5.41) is 0. The predicted molar refractivity (Wildman–Crippen MR) is 75.2 cm³/mol. The number of guanidine groups is 1. The van der Waals surface area contributed by atoms with E-state index in [1.54, 1.807) is 7.11 Å². The van der Waals surface area contributed by atoms with E-state index in [9.17, 15) is 0 Å². The largest absolute Gasteiger partial charge is 0.497 e. The average molecular weight is 247 g/mol. The second kappa shape index (κ2) is 4.52. The smallest absolute Gasteiger partial charge is 0.196 e. The van der Waals surface area contributed by atoms with Gasteiger partial charge in [-0.25, -0.2) is 0 Å². The zero-order chi connectivity index (χ0) is 13.3. The number of nitrogens with two attached hydrogens (primary N) is 1. The molecule has 0 aromatic heterocycles. The number of hydrogen-bond donors (Lipinski definition) is 1. The van der Waals surface area contributed by atoms with Gasteiger partial charge in [0.05, 0.1) is 19.7 Å². The molecule has 4 heteroatoms. The Labute approximate surface area is 108 Å². The van der Waals surface area contributed by atoms with Crippen molar-refractivity contribution in [1.82, 2.24) is 0 Å². The fourth-order valence-electron chi connectivity index (χ4n) is 2.21. The van der Waals surface area contributed by atoms with Crippen LogP contribution < -0.4 is 15.4 Å². The highest BCUT2D eigenvalue weighted by atomic mass is 16.5. The first-order valence-electron chi connectivity index (χ1n) is 6.16. The molecule has 0 spiro atoms. The van der Waals surface area contributed by atoms with Crippen LogP contribution in [0.4, 0.5) is 5.69 Å². The van der Waals surface area contributed by atoms with Crippen molar-refractivity contribution in [1.29, 1.82) is 0 Å². The summed E-state index contributed by atoms with van der Waals surface area (Å²) in [5.74, 6) is 1.45. The van der Waals surface area contributed by atoms with E-state index in [0.717, 1.165) is 18.0 Å². The highest BCUT2D eigenvalue weighted by Crippen LogP contribution is 2.32. The molecular weight excluding hydrogens is 226 g/mol. The predicted octanol–water partition coefficient (Wildman–Crippen LogP) is 2.24.